The van der Waals surface area contributed by atoms with E-state index in [4.69, 9.17) is 4.74 Å². The van der Waals surface area contributed by atoms with Crippen molar-refractivity contribution < 1.29 is 22.9 Å². The van der Waals surface area contributed by atoms with E-state index in [1.807, 2.05) is 4.83 Å². The largest absolute Gasteiger partial charge is 0.497 e. The quantitative estimate of drug-likeness (QED) is 0.512. The van der Waals surface area contributed by atoms with Crippen LogP contribution >= 0.6 is 0 Å². The van der Waals surface area contributed by atoms with Crippen molar-refractivity contribution >= 4 is 21.6 Å². The summed E-state index contributed by atoms with van der Waals surface area (Å²) in [5, 5.41) is 11.3. The highest BCUT2D eigenvalue weighted by Crippen LogP contribution is 2.61. The maximum absolute atomic E-state index is 12.6. The zero-order valence-corrected chi connectivity index (χ0v) is 17.0. The van der Waals surface area contributed by atoms with Crippen molar-refractivity contribution in [3.8, 4) is 5.75 Å². The minimum atomic E-state index is -4.30. The predicted octanol–water partition coefficient (Wildman–Crippen LogP) is 2.52. The summed E-state index contributed by atoms with van der Waals surface area (Å²) in [4.78, 5) is 24.5. The van der Waals surface area contributed by atoms with Crippen LogP contribution in [0, 0.1) is 33.3 Å². The molecule has 4 bridgehead atoms. The van der Waals surface area contributed by atoms with Gasteiger partial charge in [-0.05, 0) is 73.8 Å². The molecule has 0 aromatic heterocycles. The number of carbonyl (C=O) groups excluding carboxylic acids is 1. The molecule has 29 heavy (non-hydrogen) atoms. The standard InChI is InChI=1S/C19H25N3O6S/c1-28-15-2-3-17(16(7-15)22(24)25)29(26,27)21-20-18(23)11-19-8-12-4-13(9-19)6-14(5-12)10-19/h2-3,7,12-14,21H,4-6,8-11H2,1H3,(H,20,23). The molecule has 4 saturated carbocycles. The smallest absolute Gasteiger partial charge is 0.293 e. The average molecular weight is 423 g/mol. The summed E-state index contributed by atoms with van der Waals surface area (Å²) in [6.07, 6.45) is 7.15. The molecule has 4 fully saturated rings. The number of nitro benzene ring substituents is 1. The zero-order chi connectivity index (χ0) is 20.8. The van der Waals surface area contributed by atoms with E-state index in [9.17, 15) is 23.3 Å². The van der Waals surface area contributed by atoms with Crippen LogP contribution in [-0.4, -0.2) is 26.4 Å². The molecule has 0 aliphatic heterocycles. The van der Waals surface area contributed by atoms with Gasteiger partial charge in [-0.15, -0.1) is 4.83 Å². The zero-order valence-electron chi connectivity index (χ0n) is 16.2. The lowest BCUT2D eigenvalue weighted by molar-refractivity contribution is -0.387. The van der Waals surface area contributed by atoms with Crippen molar-refractivity contribution in [2.45, 2.75) is 49.8 Å². The Kier molecular flexibility index (Phi) is 5.02. The predicted molar refractivity (Wildman–Crippen MR) is 103 cm³/mol. The highest BCUT2D eigenvalue weighted by Gasteiger charge is 2.51. The lowest BCUT2D eigenvalue weighted by atomic mass is 9.49. The molecule has 0 radical (unpaired) electrons. The van der Waals surface area contributed by atoms with E-state index >= 15 is 0 Å². The second kappa shape index (κ2) is 7.24. The molecule has 158 valence electrons. The number of amides is 1. The molecule has 1 aromatic carbocycles. The van der Waals surface area contributed by atoms with Crippen molar-refractivity contribution in [1.82, 2.24) is 10.3 Å². The van der Waals surface area contributed by atoms with Crippen molar-refractivity contribution in [2.75, 3.05) is 7.11 Å². The summed E-state index contributed by atoms with van der Waals surface area (Å²) in [7, 11) is -2.97. The first-order valence-corrected chi connectivity index (χ1v) is 11.3. The molecular weight excluding hydrogens is 398 g/mol. The number of methoxy groups -OCH3 is 1. The molecule has 0 unspecified atom stereocenters. The molecule has 4 aliphatic rings. The SMILES string of the molecule is COc1ccc(S(=O)(=O)NNC(=O)CC23CC4CC(CC(C4)C2)C3)c([N+](=O)[O-])c1. The number of nitrogens with zero attached hydrogens (tertiary/aromatic N) is 1. The minimum Gasteiger partial charge on any atom is -0.497 e. The first-order valence-electron chi connectivity index (χ1n) is 9.83. The molecule has 9 nitrogen and oxygen atoms in total. The Labute approximate surface area is 169 Å². The van der Waals surface area contributed by atoms with E-state index in [1.165, 1.54) is 32.4 Å². The molecule has 0 heterocycles. The third-order valence-corrected chi connectivity index (χ3v) is 7.97. The highest BCUT2D eigenvalue weighted by molar-refractivity contribution is 7.89. The molecular formula is C19H25N3O6S. The van der Waals surface area contributed by atoms with Gasteiger partial charge >= 0.3 is 0 Å². The monoisotopic (exact) mass is 423 g/mol. The molecule has 1 aromatic rings. The van der Waals surface area contributed by atoms with Gasteiger partial charge in [0.25, 0.3) is 15.7 Å². The molecule has 0 atom stereocenters. The van der Waals surface area contributed by atoms with Crippen molar-refractivity contribution in [1.29, 1.82) is 0 Å². The summed E-state index contributed by atoms with van der Waals surface area (Å²) in [6, 6.07) is 3.44. The number of carbonyl (C=O) groups is 1. The number of nitro groups is 1. The van der Waals surface area contributed by atoms with Gasteiger partial charge in [0.15, 0.2) is 4.90 Å². The molecule has 4 aliphatic carbocycles. The maximum Gasteiger partial charge on any atom is 0.293 e. The highest BCUT2D eigenvalue weighted by atomic mass is 32.2. The molecule has 0 saturated heterocycles. The Morgan fingerprint density at radius 2 is 1.79 bits per heavy atom. The Morgan fingerprint density at radius 1 is 1.21 bits per heavy atom. The van der Waals surface area contributed by atoms with Crippen LogP contribution in [0.25, 0.3) is 0 Å². The number of hydrazine groups is 1. The third-order valence-electron chi connectivity index (χ3n) is 6.68. The molecule has 1 amide bonds. The number of sulfonamides is 1. The van der Waals surface area contributed by atoms with Crippen molar-refractivity contribution in [3.63, 3.8) is 0 Å². The van der Waals surface area contributed by atoms with Crippen LogP contribution in [0.4, 0.5) is 5.69 Å². The number of hydrogen-bond acceptors (Lipinski definition) is 6. The van der Waals surface area contributed by atoms with Crippen LogP contribution in [-0.2, 0) is 14.8 Å². The van der Waals surface area contributed by atoms with Crippen LogP contribution in [0.2, 0.25) is 0 Å². The number of nitrogens with one attached hydrogen (secondary N) is 2. The second-order valence-corrected chi connectivity index (χ2v) is 10.5. The maximum atomic E-state index is 12.6. The van der Waals surface area contributed by atoms with Gasteiger partial charge in [-0.3, -0.25) is 20.3 Å². The Bertz CT molecular complexity index is 910. The van der Waals surface area contributed by atoms with Crippen molar-refractivity contribution in [3.05, 3.63) is 28.3 Å². The van der Waals surface area contributed by atoms with Gasteiger partial charge in [0.1, 0.15) is 5.75 Å². The van der Waals surface area contributed by atoms with Gasteiger partial charge in [0.05, 0.1) is 18.1 Å². The van der Waals surface area contributed by atoms with E-state index in [1.54, 1.807) is 0 Å². The number of rotatable bonds is 7. The van der Waals surface area contributed by atoms with Crippen LogP contribution < -0.4 is 15.0 Å². The average Bonchev–Trinajstić information content (AvgIpc) is 2.64. The van der Waals surface area contributed by atoms with Crippen LogP contribution in [0.5, 0.6) is 5.75 Å². The van der Waals surface area contributed by atoms with Crippen LogP contribution in [0.15, 0.2) is 23.1 Å². The summed E-state index contributed by atoms with van der Waals surface area (Å²) >= 11 is 0. The normalized spacial score (nSPS) is 30.2. The van der Waals surface area contributed by atoms with Gasteiger partial charge in [-0.2, -0.15) is 0 Å². The molecule has 2 N–H and O–H groups in total. The minimum absolute atomic E-state index is 0.0314. The van der Waals surface area contributed by atoms with Crippen LogP contribution in [0.1, 0.15) is 44.9 Å². The van der Waals surface area contributed by atoms with E-state index < -0.39 is 31.4 Å². The number of hydrogen-bond donors (Lipinski definition) is 2. The Balaban J connectivity index is 1.43. The Morgan fingerprint density at radius 3 is 2.31 bits per heavy atom. The fourth-order valence-electron chi connectivity index (χ4n) is 6.06. The van der Waals surface area contributed by atoms with Gasteiger partial charge in [0, 0.05) is 6.42 Å². The van der Waals surface area contributed by atoms with Gasteiger partial charge in [-0.1, -0.05) is 0 Å². The molecule has 10 heteroatoms. The van der Waals surface area contributed by atoms with Crippen molar-refractivity contribution in [2.24, 2.45) is 23.2 Å². The first kappa shape index (κ1) is 20.1. The summed E-state index contributed by atoms with van der Waals surface area (Å²) in [6.45, 7) is 0. The summed E-state index contributed by atoms with van der Waals surface area (Å²) < 4.78 is 30.0. The number of benzene rings is 1. The number of ether oxygens (including phenoxy) is 1. The van der Waals surface area contributed by atoms with Crippen LogP contribution in [0.3, 0.4) is 0 Å². The lowest BCUT2D eigenvalue weighted by Crippen LogP contribution is -2.50. The second-order valence-electron chi connectivity index (χ2n) is 8.84. The van der Waals surface area contributed by atoms with E-state index in [2.05, 4.69) is 5.43 Å². The fraction of sp³-hybridized carbons (Fsp3) is 0.632. The topological polar surface area (TPSA) is 128 Å². The van der Waals surface area contributed by atoms with E-state index in [0.29, 0.717) is 17.8 Å². The van der Waals surface area contributed by atoms with Gasteiger partial charge in [-0.25, -0.2) is 8.42 Å². The van der Waals surface area contributed by atoms with Gasteiger partial charge < -0.3 is 4.74 Å². The van der Waals surface area contributed by atoms with E-state index in [0.717, 1.165) is 31.4 Å². The van der Waals surface area contributed by atoms with Gasteiger partial charge in [0.2, 0.25) is 5.91 Å². The molecule has 0 spiro atoms. The lowest BCUT2D eigenvalue weighted by Gasteiger charge is -2.56. The first-order chi connectivity index (χ1) is 13.7. The molecule has 5 rings (SSSR count). The summed E-state index contributed by atoms with van der Waals surface area (Å²) in [5.41, 5.74) is 1.61. The fourth-order valence-corrected chi connectivity index (χ4v) is 7.08. The Hall–Kier alpha value is -2.20. The van der Waals surface area contributed by atoms with E-state index in [-0.39, 0.29) is 17.6 Å². The summed E-state index contributed by atoms with van der Waals surface area (Å²) in [5.74, 6) is 1.83. The third kappa shape index (κ3) is 3.95.